The minimum atomic E-state index is -1.55. The van der Waals surface area contributed by atoms with Crippen molar-refractivity contribution < 1.29 is 32.4 Å². The van der Waals surface area contributed by atoms with Gasteiger partial charge in [0.1, 0.15) is 34.6 Å². The summed E-state index contributed by atoms with van der Waals surface area (Å²) in [6, 6.07) is 28.3. The smallest absolute Gasteiger partial charge is 0.219 e. The number of para-hydroxylation sites is 1. The van der Waals surface area contributed by atoms with Crippen molar-refractivity contribution in [1.29, 1.82) is 0 Å². The maximum Gasteiger partial charge on any atom is 0.219 e. The molecule has 258 valence electrons. The highest BCUT2D eigenvalue weighted by atomic mass is 32.2. The van der Waals surface area contributed by atoms with Crippen LogP contribution < -0.4 is 4.18 Å². The lowest BCUT2D eigenvalue weighted by atomic mass is 10.1. The summed E-state index contributed by atoms with van der Waals surface area (Å²) in [4.78, 5) is 53.9. The molecule has 0 spiro atoms. The molecule has 1 amide bonds. The molecule has 0 radical (unpaired) electrons. The van der Waals surface area contributed by atoms with E-state index >= 15 is 0 Å². The van der Waals surface area contributed by atoms with Crippen LogP contribution in [-0.2, 0) is 47.9 Å². The molecule has 0 N–H and O–H groups in total. The second kappa shape index (κ2) is 28.0. The first-order valence-electron chi connectivity index (χ1n) is 15.2. The second-order valence-corrected chi connectivity index (χ2v) is 11.8. The maximum absolute atomic E-state index is 11.1. The number of carbonyl (C=O) groups is 5. The lowest BCUT2D eigenvalue weighted by Crippen LogP contribution is -2.33. The van der Waals surface area contributed by atoms with Gasteiger partial charge in [-0.25, -0.2) is 4.21 Å². The Morgan fingerprint density at radius 2 is 0.957 bits per heavy atom. The average molecular weight is 668 g/mol. The molecule has 0 saturated carbocycles. The molecule has 9 heteroatoms. The summed E-state index contributed by atoms with van der Waals surface area (Å²) in [6.45, 7) is 11.3. The Hall–Kier alpha value is -4.24. The third-order valence-electron chi connectivity index (χ3n) is 5.65. The summed E-state index contributed by atoms with van der Waals surface area (Å²) in [7, 11) is 0. The molecule has 1 fully saturated rings. The number of rotatable bonds is 8. The normalized spacial score (nSPS) is 11.7. The largest absolute Gasteiger partial charge is 0.400 e. The van der Waals surface area contributed by atoms with Crippen LogP contribution in [0.4, 0.5) is 0 Å². The zero-order valence-corrected chi connectivity index (χ0v) is 28.8. The number of nitrogens with zero attached hydrogens (tertiary/aromatic N) is 1. The summed E-state index contributed by atoms with van der Waals surface area (Å²) in [5.41, 5.74) is 2.19. The summed E-state index contributed by atoms with van der Waals surface area (Å²) in [5.74, 6) is 1.14. The standard InChI is InChI=1S/C9H10O3S.2C9H10O.C7H13NO.C3H6O.CH4/c1-8(10)7-13(11)12-9-5-3-2-4-6-9;2*1-8(10)7-9-5-3-2-4-6-9;1-7(9)8-5-3-2-4-6-8;1-3(2)4;/h2-6H,7H2,1H3;2*2-6H,7H2,1H3;2-6H2,1H3;1-2H3;1H4. The molecular weight excluding hydrogens is 614 g/mol. The van der Waals surface area contributed by atoms with Gasteiger partial charge in [0.05, 0.1) is 0 Å². The number of Topliss-reactive ketones (excluding diaryl/α,β-unsaturated/α-hetero) is 4. The number of hydrogen-bond acceptors (Lipinski definition) is 7. The SMILES string of the molecule is C.CC(=O)CS(=O)Oc1ccccc1.CC(=O)Cc1ccccc1.CC(=O)Cc1ccccc1.CC(=O)N1CCCCC1.CC(C)=O. The van der Waals surface area contributed by atoms with Gasteiger partial charge in [-0.15, -0.1) is 0 Å². The first-order chi connectivity index (χ1) is 21.8. The van der Waals surface area contributed by atoms with Crippen LogP contribution in [0.1, 0.15) is 79.4 Å². The number of likely N-dealkylation sites (tertiary alicyclic amines) is 1. The lowest BCUT2D eigenvalue weighted by molar-refractivity contribution is -0.129. The maximum atomic E-state index is 11.1. The van der Waals surface area contributed by atoms with Gasteiger partial charge in [-0.05, 0) is 77.1 Å². The lowest BCUT2D eigenvalue weighted by Gasteiger charge is -2.24. The highest BCUT2D eigenvalue weighted by molar-refractivity contribution is 7.81. The van der Waals surface area contributed by atoms with E-state index in [0.717, 1.165) is 24.2 Å². The Kier molecular flexibility index (Phi) is 26.8. The van der Waals surface area contributed by atoms with Crippen LogP contribution in [0.5, 0.6) is 5.75 Å². The van der Waals surface area contributed by atoms with Gasteiger partial charge in [-0.1, -0.05) is 86.3 Å². The van der Waals surface area contributed by atoms with Gasteiger partial charge in [0.2, 0.25) is 17.0 Å². The molecule has 1 atom stereocenters. The summed E-state index contributed by atoms with van der Waals surface area (Å²) < 4.78 is 16.1. The molecule has 8 nitrogen and oxygen atoms in total. The van der Waals surface area contributed by atoms with Crippen LogP contribution in [0.25, 0.3) is 0 Å². The van der Waals surface area contributed by atoms with Crippen molar-refractivity contribution in [2.45, 2.75) is 81.1 Å². The van der Waals surface area contributed by atoms with Gasteiger partial charge < -0.3 is 13.9 Å². The van der Waals surface area contributed by atoms with Crippen molar-refractivity contribution in [3.63, 3.8) is 0 Å². The predicted molar refractivity (Wildman–Crippen MR) is 192 cm³/mol. The van der Waals surface area contributed by atoms with E-state index in [-0.39, 0.29) is 42.2 Å². The molecule has 1 aliphatic heterocycles. The van der Waals surface area contributed by atoms with Crippen LogP contribution in [0, 0.1) is 0 Å². The molecule has 1 aliphatic rings. The van der Waals surface area contributed by atoms with Gasteiger partial charge in [0.25, 0.3) is 0 Å². The van der Waals surface area contributed by atoms with E-state index < -0.39 is 11.1 Å². The van der Waals surface area contributed by atoms with Crippen molar-refractivity contribution in [2.75, 3.05) is 18.8 Å². The highest BCUT2D eigenvalue weighted by Gasteiger charge is 2.11. The highest BCUT2D eigenvalue weighted by Crippen LogP contribution is 2.10. The van der Waals surface area contributed by atoms with E-state index in [9.17, 15) is 28.2 Å². The predicted octanol–water partition coefficient (Wildman–Crippen LogP) is 7.20. The molecule has 47 heavy (non-hydrogen) atoms. The first-order valence-corrected chi connectivity index (χ1v) is 16.4. The molecule has 4 rings (SSSR count). The van der Waals surface area contributed by atoms with Crippen LogP contribution in [0.3, 0.4) is 0 Å². The average Bonchev–Trinajstić information content (AvgIpc) is 2.99. The van der Waals surface area contributed by atoms with E-state index in [1.165, 1.54) is 40.0 Å². The molecule has 1 saturated heterocycles. The van der Waals surface area contributed by atoms with E-state index in [1.54, 1.807) is 45.0 Å². The van der Waals surface area contributed by atoms with E-state index in [4.69, 9.17) is 4.18 Å². The van der Waals surface area contributed by atoms with Gasteiger partial charge in [-0.2, -0.15) is 0 Å². The van der Waals surface area contributed by atoms with Crippen molar-refractivity contribution in [1.82, 2.24) is 4.90 Å². The minimum absolute atomic E-state index is 0. The van der Waals surface area contributed by atoms with Gasteiger partial charge in [-0.3, -0.25) is 19.2 Å². The van der Waals surface area contributed by atoms with Gasteiger partial charge in [0.15, 0.2) is 0 Å². The Bertz CT molecular complexity index is 1270. The number of amides is 1. The van der Waals surface area contributed by atoms with Crippen LogP contribution in [0.2, 0.25) is 0 Å². The number of carbonyl (C=O) groups excluding carboxylic acids is 5. The minimum Gasteiger partial charge on any atom is -0.400 e. The van der Waals surface area contributed by atoms with Crippen molar-refractivity contribution >= 4 is 40.1 Å². The number of piperidine rings is 1. The number of ketones is 4. The summed E-state index contributed by atoms with van der Waals surface area (Å²) in [6.07, 6.45) is 4.80. The number of hydrogen-bond donors (Lipinski definition) is 0. The zero-order chi connectivity index (χ0) is 34.7. The third kappa shape index (κ3) is 28.9. The second-order valence-electron chi connectivity index (χ2n) is 10.8. The van der Waals surface area contributed by atoms with Gasteiger partial charge >= 0.3 is 0 Å². The Morgan fingerprint density at radius 3 is 1.26 bits per heavy atom. The fourth-order valence-electron chi connectivity index (χ4n) is 3.75. The molecule has 1 unspecified atom stereocenters. The quantitative estimate of drug-likeness (QED) is 0.249. The molecule has 0 aromatic heterocycles. The fraction of sp³-hybridized carbons (Fsp3) is 0.395. The molecule has 0 bridgehead atoms. The van der Waals surface area contributed by atoms with Crippen molar-refractivity contribution in [3.8, 4) is 5.75 Å². The van der Waals surface area contributed by atoms with Crippen LogP contribution in [0.15, 0.2) is 91.0 Å². The molecule has 3 aromatic carbocycles. The Labute approximate surface area is 284 Å². The third-order valence-corrected chi connectivity index (χ3v) is 6.67. The van der Waals surface area contributed by atoms with E-state index in [2.05, 4.69) is 0 Å². The summed E-state index contributed by atoms with van der Waals surface area (Å²) in [5, 5.41) is 0. The topological polar surface area (TPSA) is 115 Å². The zero-order valence-electron chi connectivity index (χ0n) is 28.0. The molecule has 3 aromatic rings. The molecule has 1 heterocycles. The Balaban J connectivity index is 0. The first kappa shape index (κ1) is 44.9. The monoisotopic (exact) mass is 667 g/mol. The fourth-order valence-corrected chi connectivity index (χ4v) is 4.47. The molecule has 0 aliphatic carbocycles. The van der Waals surface area contributed by atoms with Crippen molar-refractivity contribution in [3.05, 3.63) is 102 Å². The van der Waals surface area contributed by atoms with Crippen molar-refractivity contribution in [2.24, 2.45) is 0 Å². The van der Waals surface area contributed by atoms with Crippen LogP contribution >= 0.6 is 0 Å². The van der Waals surface area contributed by atoms with E-state index in [1.807, 2.05) is 71.6 Å². The Morgan fingerprint density at radius 1 is 0.596 bits per heavy atom. The number of benzene rings is 3. The van der Waals surface area contributed by atoms with Gasteiger partial charge in [0, 0.05) is 32.9 Å². The summed E-state index contributed by atoms with van der Waals surface area (Å²) >= 11 is -1.55. The molecular formula is C38H53NO7S. The van der Waals surface area contributed by atoms with Crippen LogP contribution in [-0.4, -0.2) is 57.0 Å². The van der Waals surface area contributed by atoms with E-state index in [0.29, 0.717) is 18.6 Å².